The minimum Gasteiger partial charge on any atom is -0.311 e. The third kappa shape index (κ3) is 11.2. The third-order valence-corrected chi connectivity index (χ3v) is 22.6. The molecule has 0 spiro atoms. The zero-order valence-electron chi connectivity index (χ0n) is 64.0. The standard InChI is InChI=1S/C100H90B2N6/c1-97(2,3)74-48-26-33-55-83(74)106(84-56-34-27-49-75(84)98(4,5)6)71-61-91-95-93(63-71)105(70-45-23-16-24-46-70)89-66-90-81(65-80(89)101(95)78-52-30-37-59-87(78)103(91)68-41-19-14-20-42-68)102-79-53-31-38-60-88(79)104(69-43-21-15-22-44-69)92-62-72(64-94(96(92)102)108(90)82-54-32-25-47-73(82)67-39-17-13-18-40-67)107(85-57-35-28-50-76(85)99(7,8)9)86-58-36-29-51-77(86)100(10,11)12/h13-66H,1-12H3. The molecule has 14 aromatic rings. The van der Waals surface area contributed by atoms with Crippen LogP contribution in [-0.2, 0) is 21.7 Å². The molecular formula is C100H90B2N6. The molecule has 0 atom stereocenters. The predicted octanol–water partition coefficient (Wildman–Crippen LogP) is 23.6. The Morgan fingerprint density at radius 2 is 0.500 bits per heavy atom. The van der Waals surface area contributed by atoms with Gasteiger partial charge in [-0.15, -0.1) is 0 Å². The van der Waals surface area contributed by atoms with Gasteiger partial charge in [0.1, 0.15) is 0 Å². The van der Waals surface area contributed by atoms with Crippen molar-refractivity contribution >= 4 is 149 Å². The Labute approximate surface area is 639 Å². The second-order valence-electron chi connectivity index (χ2n) is 33.7. The van der Waals surface area contributed by atoms with Crippen LogP contribution in [0.5, 0.6) is 0 Å². The van der Waals surface area contributed by atoms with Crippen molar-refractivity contribution in [2.75, 3.05) is 29.4 Å². The van der Waals surface area contributed by atoms with Crippen LogP contribution in [0, 0.1) is 0 Å². The van der Waals surface area contributed by atoms with Crippen LogP contribution < -0.4 is 62.2 Å². The lowest BCUT2D eigenvalue weighted by molar-refractivity contribution is 0.586. The summed E-state index contributed by atoms with van der Waals surface area (Å²) in [4.78, 5) is 15.6. The molecule has 4 heterocycles. The van der Waals surface area contributed by atoms with E-state index >= 15 is 0 Å². The lowest BCUT2D eigenvalue weighted by Crippen LogP contribution is -2.65. The van der Waals surface area contributed by atoms with Crippen molar-refractivity contribution in [1.29, 1.82) is 0 Å². The predicted molar refractivity (Wildman–Crippen MR) is 464 cm³/mol. The highest BCUT2D eigenvalue weighted by Gasteiger charge is 2.50. The van der Waals surface area contributed by atoms with Crippen LogP contribution in [0.2, 0.25) is 0 Å². The van der Waals surface area contributed by atoms with E-state index in [9.17, 15) is 0 Å². The Hall–Kier alpha value is -12.0. The largest absolute Gasteiger partial charge is 0.311 e. The van der Waals surface area contributed by atoms with Gasteiger partial charge in [-0.3, -0.25) is 0 Å². The molecule has 0 aromatic heterocycles. The molecule has 0 N–H and O–H groups in total. The second-order valence-corrected chi connectivity index (χ2v) is 33.7. The topological polar surface area (TPSA) is 19.4 Å². The molecule has 6 nitrogen and oxygen atoms in total. The summed E-state index contributed by atoms with van der Waals surface area (Å²) in [6, 6.07) is 124. The van der Waals surface area contributed by atoms with Crippen molar-refractivity contribution < 1.29 is 0 Å². The zero-order chi connectivity index (χ0) is 74.1. The third-order valence-electron chi connectivity index (χ3n) is 22.6. The van der Waals surface area contributed by atoms with Gasteiger partial charge in [0.25, 0.3) is 13.4 Å². The van der Waals surface area contributed by atoms with Crippen LogP contribution in [0.25, 0.3) is 11.1 Å². The zero-order valence-corrected chi connectivity index (χ0v) is 64.0. The minimum absolute atomic E-state index is 0.210. The molecule has 4 aliphatic rings. The summed E-state index contributed by atoms with van der Waals surface area (Å²) >= 11 is 0. The Morgan fingerprint density at radius 3 is 0.861 bits per heavy atom. The lowest BCUT2D eigenvalue weighted by atomic mass is 9.30. The van der Waals surface area contributed by atoms with E-state index in [1.165, 1.54) is 55.0 Å². The van der Waals surface area contributed by atoms with Crippen molar-refractivity contribution in [3.8, 4) is 11.1 Å². The van der Waals surface area contributed by atoms with Crippen LogP contribution in [0.15, 0.2) is 328 Å². The second kappa shape index (κ2) is 25.9. The number of para-hydroxylation sites is 10. The molecule has 0 amide bonds. The molecule has 4 aliphatic heterocycles. The van der Waals surface area contributed by atoms with E-state index in [4.69, 9.17) is 0 Å². The number of nitrogens with zero attached hydrogens (tertiary/aromatic N) is 6. The molecule has 14 aromatic carbocycles. The molecule has 0 saturated carbocycles. The van der Waals surface area contributed by atoms with Gasteiger partial charge in [-0.2, -0.15) is 0 Å². The monoisotopic (exact) mass is 1400 g/mol. The Balaban J connectivity index is 1.00. The van der Waals surface area contributed by atoms with E-state index < -0.39 is 0 Å². The summed E-state index contributed by atoms with van der Waals surface area (Å²) in [5.41, 5.74) is 34.1. The quantitative estimate of drug-likeness (QED) is 0.119. The van der Waals surface area contributed by atoms with Gasteiger partial charge in [0.2, 0.25) is 0 Å². The van der Waals surface area contributed by atoms with Gasteiger partial charge < -0.3 is 29.4 Å². The molecule has 0 radical (unpaired) electrons. The fourth-order valence-electron chi connectivity index (χ4n) is 18.0. The highest BCUT2D eigenvalue weighted by atomic mass is 15.2. The van der Waals surface area contributed by atoms with Crippen LogP contribution in [0.1, 0.15) is 105 Å². The normalized spacial score (nSPS) is 13.4. The average Bonchev–Trinajstić information content (AvgIpc) is 0.682. The van der Waals surface area contributed by atoms with E-state index in [0.29, 0.717) is 0 Å². The van der Waals surface area contributed by atoms with Crippen LogP contribution in [0.3, 0.4) is 0 Å². The minimum atomic E-state index is -0.231. The number of fused-ring (bicyclic) bond motifs is 8. The van der Waals surface area contributed by atoms with Crippen LogP contribution in [0.4, 0.5) is 102 Å². The fourth-order valence-corrected chi connectivity index (χ4v) is 18.0. The first-order valence-corrected chi connectivity index (χ1v) is 38.4. The maximum Gasteiger partial charge on any atom is 0.252 e. The first-order valence-electron chi connectivity index (χ1n) is 38.4. The molecule has 108 heavy (non-hydrogen) atoms. The summed E-state index contributed by atoms with van der Waals surface area (Å²) in [6.45, 7) is 27.8. The summed E-state index contributed by atoms with van der Waals surface area (Å²) < 4.78 is 0. The molecule has 18 rings (SSSR count). The first kappa shape index (κ1) is 67.9. The summed E-state index contributed by atoms with van der Waals surface area (Å²) in [5.74, 6) is 0. The van der Waals surface area contributed by atoms with Crippen molar-refractivity contribution in [3.63, 3.8) is 0 Å². The summed E-state index contributed by atoms with van der Waals surface area (Å²) in [5, 5.41) is 0. The summed E-state index contributed by atoms with van der Waals surface area (Å²) in [7, 11) is 0. The fraction of sp³-hybridized carbons (Fsp3) is 0.160. The number of hydrogen-bond donors (Lipinski definition) is 0. The number of benzene rings is 14. The van der Waals surface area contributed by atoms with E-state index in [1.807, 2.05) is 0 Å². The van der Waals surface area contributed by atoms with Crippen LogP contribution >= 0.6 is 0 Å². The number of anilines is 18. The maximum atomic E-state index is 2.68. The molecular weight excluding hydrogens is 1310 g/mol. The smallest absolute Gasteiger partial charge is 0.252 e. The van der Waals surface area contributed by atoms with Gasteiger partial charge in [-0.25, -0.2) is 0 Å². The first-order chi connectivity index (χ1) is 52.2. The van der Waals surface area contributed by atoms with Crippen molar-refractivity contribution in [2.24, 2.45) is 0 Å². The molecule has 0 bridgehead atoms. The molecule has 0 fully saturated rings. The van der Waals surface area contributed by atoms with E-state index in [-0.39, 0.29) is 35.1 Å². The maximum absolute atomic E-state index is 2.68. The van der Waals surface area contributed by atoms with Gasteiger partial charge in [-0.05, 0) is 191 Å². The highest BCUT2D eigenvalue weighted by molar-refractivity contribution is 7.03. The average molecular weight is 1400 g/mol. The summed E-state index contributed by atoms with van der Waals surface area (Å²) in [6.07, 6.45) is 0. The van der Waals surface area contributed by atoms with Gasteiger partial charge in [0, 0.05) is 90.9 Å². The van der Waals surface area contributed by atoms with Gasteiger partial charge in [-0.1, -0.05) is 301 Å². The van der Waals surface area contributed by atoms with Gasteiger partial charge in [0.15, 0.2) is 0 Å². The Morgan fingerprint density at radius 1 is 0.222 bits per heavy atom. The van der Waals surface area contributed by atoms with E-state index in [2.05, 4.69) is 440 Å². The van der Waals surface area contributed by atoms with Gasteiger partial charge in [0.05, 0.1) is 17.1 Å². The molecule has 8 heteroatoms. The molecule has 0 aliphatic carbocycles. The number of hydrogen-bond acceptors (Lipinski definition) is 6. The van der Waals surface area contributed by atoms with Gasteiger partial charge >= 0.3 is 0 Å². The van der Waals surface area contributed by atoms with E-state index in [1.54, 1.807) is 0 Å². The van der Waals surface area contributed by atoms with Crippen molar-refractivity contribution in [2.45, 2.75) is 105 Å². The highest BCUT2D eigenvalue weighted by Crippen LogP contribution is 2.56. The lowest BCUT2D eigenvalue weighted by Gasteiger charge is -2.48. The van der Waals surface area contributed by atoms with Crippen molar-refractivity contribution in [3.05, 3.63) is 350 Å². The number of rotatable bonds is 11. The molecule has 0 unspecified atom stereocenters. The Bertz CT molecular complexity index is 5690. The van der Waals surface area contributed by atoms with Crippen molar-refractivity contribution in [1.82, 2.24) is 0 Å². The van der Waals surface area contributed by atoms with Crippen LogP contribution in [-0.4, -0.2) is 13.4 Å². The SMILES string of the molecule is CC(C)(C)c1ccccc1N(c1cc2c3c(c1)N(c1ccccc1)c1cc4c(cc1B3c1ccccc1N2c1ccccc1)B1c2ccccc2N(c2ccccc2)c2cc(N(c3ccccc3C(C)(C)C)c3ccccc3C(C)(C)C)cc(c21)N4c1ccccc1-c1ccccc1)c1ccccc1C(C)(C)C. The molecule has 0 saturated heterocycles. The Kier molecular flexibility index (Phi) is 16.3. The van der Waals surface area contributed by atoms with E-state index in [0.717, 1.165) is 113 Å². The molecule has 526 valence electrons.